The van der Waals surface area contributed by atoms with E-state index in [1.165, 1.54) is 6.21 Å². The van der Waals surface area contributed by atoms with Crippen LogP contribution in [0.15, 0.2) is 64.2 Å². The molecule has 0 aliphatic rings. The summed E-state index contributed by atoms with van der Waals surface area (Å²) in [4.78, 5) is 24.2. The lowest BCUT2D eigenvalue weighted by atomic mass is 10.1. The van der Waals surface area contributed by atoms with Gasteiger partial charge in [0.1, 0.15) is 6.61 Å². The summed E-state index contributed by atoms with van der Waals surface area (Å²) in [7, 11) is 0. The molecule has 3 rings (SSSR count). The van der Waals surface area contributed by atoms with Crippen LogP contribution in [-0.2, 0) is 22.6 Å². The number of carbonyl (C=O) groups is 2. The second-order valence-electron chi connectivity index (χ2n) is 7.44. The zero-order valence-corrected chi connectivity index (χ0v) is 22.7. The number of hydrazone groups is 1. The summed E-state index contributed by atoms with van der Waals surface area (Å²) in [6.07, 6.45) is 1.62. The molecule has 0 aliphatic carbocycles. The highest BCUT2D eigenvalue weighted by Gasteiger charge is 2.15. The van der Waals surface area contributed by atoms with E-state index in [9.17, 15) is 9.59 Å². The first-order valence-electron chi connectivity index (χ1n) is 10.9. The van der Waals surface area contributed by atoms with Crippen molar-refractivity contribution in [2.45, 2.75) is 20.0 Å². The molecule has 3 aromatic carbocycles. The van der Waals surface area contributed by atoms with Crippen LogP contribution in [0.25, 0.3) is 0 Å². The number of ether oxygens (including phenoxy) is 2. The number of halogens is 3. The molecule has 0 saturated carbocycles. The summed E-state index contributed by atoms with van der Waals surface area (Å²) in [5, 5.41) is 16.0. The Morgan fingerprint density at radius 3 is 2.43 bits per heavy atom. The largest absolute Gasteiger partial charge is 0.490 e. The Balaban J connectivity index is 1.65. The number of nitrogens with one attached hydrogen (secondary N) is 2. The lowest BCUT2D eigenvalue weighted by Gasteiger charge is -2.15. The predicted molar refractivity (Wildman–Crippen MR) is 146 cm³/mol. The predicted octanol–water partition coefficient (Wildman–Crippen LogP) is 5.89. The third-order valence-electron chi connectivity index (χ3n) is 4.84. The molecule has 37 heavy (non-hydrogen) atoms. The Morgan fingerprint density at radius 1 is 1.08 bits per heavy atom. The molecule has 8 nitrogen and oxygen atoms in total. The van der Waals surface area contributed by atoms with E-state index in [2.05, 4.69) is 31.8 Å². The standard InChI is InChI=1S/C26H21BrCl2N4O4/c1-2-36-23-13-17(12-20(27)24(23)37-15-19-21(28)4-3-5-22(19)29)14-31-33-26(35)25(34)32-18-8-6-16(7-9-18)10-11-30/h3-9,12-14H,2,10,15H2,1H3,(H,32,34)(H,33,35)/b31-14+. The van der Waals surface area contributed by atoms with Gasteiger partial charge in [0.2, 0.25) is 0 Å². The van der Waals surface area contributed by atoms with Crippen molar-refractivity contribution in [2.75, 3.05) is 11.9 Å². The topological polar surface area (TPSA) is 113 Å². The number of anilines is 1. The van der Waals surface area contributed by atoms with Gasteiger partial charge in [-0.1, -0.05) is 41.4 Å². The molecule has 0 radical (unpaired) electrons. The van der Waals surface area contributed by atoms with Crippen LogP contribution in [0.4, 0.5) is 5.69 Å². The van der Waals surface area contributed by atoms with Gasteiger partial charge >= 0.3 is 11.8 Å². The van der Waals surface area contributed by atoms with Crippen molar-refractivity contribution in [3.05, 3.63) is 85.8 Å². The molecule has 0 spiro atoms. The summed E-state index contributed by atoms with van der Waals surface area (Å²) >= 11 is 15.9. The fraction of sp³-hybridized carbons (Fsp3) is 0.154. The van der Waals surface area contributed by atoms with Crippen LogP contribution in [0.2, 0.25) is 10.0 Å². The van der Waals surface area contributed by atoms with Gasteiger partial charge in [0.05, 0.1) is 29.8 Å². The molecule has 2 amide bonds. The number of rotatable bonds is 9. The highest BCUT2D eigenvalue weighted by Crippen LogP contribution is 2.38. The Morgan fingerprint density at radius 2 is 1.78 bits per heavy atom. The molecular formula is C26H21BrCl2N4O4. The van der Waals surface area contributed by atoms with Crippen LogP contribution in [0, 0.1) is 11.3 Å². The van der Waals surface area contributed by atoms with Crippen molar-refractivity contribution in [1.29, 1.82) is 5.26 Å². The molecule has 3 aromatic rings. The van der Waals surface area contributed by atoms with E-state index in [0.29, 0.717) is 49.4 Å². The van der Waals surface area contributed by atoms with Gasteiger partial charge in [-0.2, -0.15) is 10.4 Å². The maximum absolute atomic E-state index is 12.1. The fourth-order valence-corrected chi connectivity index (χ4v) is 4.16. The number of benzene rings is 3. The number of hydrogen-bond donors (Lipinski definition) is 2. The molecule has 0 aromatic heterocycles. The molecular weight excluding hydrogens is 583 g/mol. The summed E-state index contributed by atoms with van der Waals surface area (Å²) in [5.41, 5.74) is 4.63. The Labute approximate surface area is 232 Å². The monoisotopic (exact) mass is 602 g/mol. The molecule has 0 saturated heterocycles. The van der Waals surface area contributed by atoms with Crippen molar-refractivity contribution < 1.29 is 19.1 Å². The quantitative estimate of drug-likeness (QED) is 0.180. The van der Waals surface area contributed by atoms with Gasteiger partial charge in [0.25, 0.3) is 0 Å². The van der Waals surface area contributed by atoms with Crippen LogP contribution in [0.3, 0.4) is 0 Å². The average molecular weight is 604 g/mol. The normalized spacial score (nSPS) is 10.6. The minimum absolute atomic E-state index is 0.122. The van der Waals surface area contributed by atoms with Crippen LogP contribution in [0.5, 0.6) is 11.5 Å². The number of amides is 2. The summed E-state index contributed by atoms with van der Waals surface area (Å²) in [6.45, 7) is 2.33. The van der Waals surface area contributed by atoms with Gasteiger partial charge in [0, 0.05) is 21.3 Å². The van der Waals surface area contributed by atoms with Crippen molar-refractivity contribution in [1.82, 2.24) is 5.43 Å². The SMILES string of the molecule is CCOc1cc(/C=N/NC(=O)C(=O)Nc2ccc(CC#N)cc2)cc(Br)c1OCc1c(Cl)cccc1Cl. The van der Waals surface area contributed by atoms with E-state index in [-0.39, 0.29) is 13.0 Å². The van der Waals surface area contributed by atoms with Gasteiger partial charge in [-0.05, 0) is 70.4 Å². The van der Waals surface area contributed by atoms with Crippen LogP contribution in [-0.4, -0.2) is 24.6 Å². The third-order valence-corrected chi connectivity index (χ3v) is 6.13. The molecule has 2 N–H and O–H groups in total. The molecule has 0 aliphatic heterocycles. The van der Waals surface area contributed by atoms with E-state index < -0.39 is 11.8 Å². The molecule has 190 valence electrons. The van der Waals surface area contributed by atoms with Gasteiger partial charge in [0.15, 0.2) is 11.5 Å². The first kappa shape index (κ1) is 28.0. The zero-order chi connectivity index (χ0) is 26.8. The Kier molecular flexibility index (Phi) is 10.3. The Hall–Kier alpha value is -3.58. The van der Waals surface area contributed by atoms with E-state index in [1.54, 1.807) is 54.6 Å². The maximum Gasteiger partial charge on any atom is 0.329 e. The lowest BCUT2D eigenvalue weighted by Crippen LogP contribution is -2.32. The minimum Gasteiger partial charge on any atom is -0.490 e. The van der Waals surface area contributed by atoms with Gasteiger partial charge in [-0.3, -0.25) is 9.59 Å². The van der Waals surface area contributed by atoms with Crippen molar-refractivity contribution >= 4 is 62.8 Å². The lowest BCUT2D eigenvalue weighted by molar-refractivity contribution is -0.136. The van der Waals surface area contributed by atoms with Crippen LogP contribution >= 0.6 is 39.1 Å². The van der Waals surface area contributed by atoms with Gasteiger partial charge in [-0.15, -0.1) is 0 Å². The number of carbonyl (C=O) groups excluding carboxylic acids is 2. The van der Waals surface area contributed by atoms with Gasteiger partial charge < -0.3 is 14.8 Å². The molecule has 0 atom stereocenters. The first-order valence-corrected chi connectivity index (χ1v) is 12.5. The van der Waals surface area contributed by atoms with Crippen LogP contribution < -0.4 is 20.2 Å². The minimum atomic E-state index is -0.946. The zero-order valence-electron chi connectivity index (χ0n) is 19.6. The molecule has 0 heterocycles. The molecule has 0 unspecified atom stereocenters. The van der Waals surface area contributed by atoms with E-state index in [1.807, 2.05) is 13.0 Å². The first-order chi connectivity index (χ1) is 17.8. The Bertz CT molecular complexity index is 1340. The molecule has 11 heteroatoms. The number of nitriles is 1. The second kappa shape index (κ2) is 13.7. The number of hydrogen-bond acceptors (Lipinski definition) is 6. The van der Waals surface area contributed by atoms with Gasteiger partial charge in [-0.25, -0.2) is 5.43 Å². The third kappa shape index (κ3) is 7.95. The second-order valence-corrected chi connectivity index (χ2v) is 9.11. The van der Waals surface area contributed by atoms with Crippen LogP contribution in [0.1, 0.15) is 23.6 Å². The van der Waals surface area contributed by atoms with E-state index in [4.69, 9.17) is 37.9 Å². The molecule has 0 bridgehead atoms. The van der Waals surface area contributed by atoms with Crippen molar-refractivity contribution in [3.8, 4) is 17.6 Å². The highest BCUT2D eigenvalue weighted by molar-refractivity contribution is 9.10. The van der Waals surface area contributed by atoms with E-state index >= 15 is 0 Å². The average Bonchev–Trinajstić information content (AvgIpc) is 2.86. The summed E-state index contributed by atoms with van der Waals surface area (Å²) in [6, 6.07) is 17.2. The van der Waals surface area contributed by atoms with Crippen molar-refractivity contribution in [3.63, 3.8) is 0 Å². The summed E-state index contributed by atoms with van der Waals surface area (Å²) in [5.74, 6) is -0.953. The molecule has 0 fully saturated rings. The fourth-order valence-electron chi connectivity index (χ4n) is 3.08. The summed E-state index contributed by atoms with van der Waals surface area (Å²) < 4.78 is 12.2. The highest BCUT2D eigenvalue weighted by atomic mass is 79.9. The number of nitrogens with zero attached hydrogens (tertiary/aromatic N) is 2. The maximum atomic E-state index is 12.1. The van der Waals surface area contributed by atoms with Crippen molar-refractivity contribution in [2.24, 2.45) is 5.10 Å². The van der Waals surface area contributed by atoms with E-state index in [0.717, 1.165) is 5.56 Å². The smallest absolute Gasteiger partial charge is 0.329 e.